The van der Waals surface area contributed by atoms with Gasteiger partial charge in [0.25, 0.3) is 5.91 Å². The summed E-state index contributed by atoms with van der Waals surface area (Å²) in [6, 6.07) is 8.25. The Hall–Kier alpha value is -2.89. The molecule has 0 radical (unpaired) electrons. The third-order valence-electron chi connectivity index (χ3n) is 3.59. The molecule has 0 aliphatic carbocycles. The molecule has 0 fully saturated rings. The van der Waals surface area contributed by atoms with Crippen LogP contribution in [-0.2, 0) is 16.6 Å². The number of carbonyl (C=O) groups excluding carboxylic acids is 2. The first-order chi connectivity index (χ1) is 11.2. The zero-order valence-corrected chi connectivity index (χ0v) is 14.0. The molecule has 0 unspecified atom stereocenters. The van der Waals surface area contributed by atoms with E-state index in [1.807, 2.05) is 12.1 Å². The molecular weight excluding hydrogens is 306 g/mol. The minimum Gasteiger partial charge on any atom is -0.508 e. The number of hydrogen-bond donors (Lipinski definition) is 3. The maximum Gasteiger partial charge on any atom is 0.267 e. The first-order valence-corrected chi connectivity index (χ1v) is 7.55. The van der Waals surface area contributed by atoms with Crippen molar-refractivity contribution in [1.82, 2.24) is 4.98 Å². The second kappa shape index (κ2) is 6.70. The maximum atomic E-state index is 12.2. The van der Waals surface area contributed by atoms with E-state index in [-0.39, 0.29) is 29.2 Å². The summed E-state index contributed by atoms with van der Waals surface area (Å²) in [4.78, 5) is 27.2. The van der Waals surface area contributed by atoms with Crippen molar-refractivity contribution in [2.45, 2.75) is 32.6 Å². The highest BCUT2D eigenvalue weighted by molar-refractivity contribution is 5.95. The molecule has 1 aromatic carbocycles. The van der Waals surface area contributed by atoms with Gasteiger partial charge in [-0.05, 0) is 29.2 Å². The lowest BCUT2D eigenvalue weighted by Crippen LogP contribution is -2.17. The van der Waals surface area contributed by atoms with Crippen molar-refractivity contribution in [2.75, 3.05) is 5.32 Å². The number of nitrogens with one attached hydrogen (secondary N) is 1. The molecule has 4 N–H and O–H groups in total. The summed E-state index contributed by atoms with van der Waals surface area (Å²) < 4.78 is 0. The van der Waals surface area contributed by atoms with Crippen LogP contribution in [0.5, 0.6) is 5.75 Å². The molecule has 2 aromatic rings. The van der Waals surface area contributed by atoms with E-state index in [0.29, 0.717) is 11.3 Å². The minimum atomic E-state index is -0.665. The molecule has 0 bridgehead atoms. The summed E-state index contributed by atoms with van der Waals surface area (Å²) in [7, 11) is 0. The van der Waals surface area contributed by atoms with Crippen molar-refractivity contribution in [3.05, 3.63) is 53.3 Å². The van der Waals surface area contributed by atoms with Gasteiger partial charge in [0.2, 0.25) is 5.91 Å². The van der Waals surface area contributed by atoms with Gasteiger partial charge in [-0.3, -0.25) is 14.6 Å². The van der Waals surface area contributed by atoms with Gasteiger partial charge < -0.3 is 16.2 Å². The van der Waals surface area contributed by atoms with Crippen molar-refractivity contribution in [3.63, 3.8) is 0 Å². The van der Waals surface area contributed by atoms with Crippen LogP contribution in [0.25, 0.3) is 0 Å². The molecule has 6 heteroatoms. The molecule has 126 valence electrons. The number of phenols is 1. The highest BCUT2D eigenvalue weighted by atomic mass is 16.3. The summed E-state index contributed by atoms with van der Waals surface area (Å²) in [5.41, 5.74) is 7.16. The number of aromatic hydroxyl groups is 1. The second-order valence-corrected chi connectivity index (χ2v) is 6.61. The van der Waals surface area contributed by atoms with Crippen LogP contribution in [0.4, 0.5) is 5.69 Å². The molecule has 0 spiro atoms. The van der Waals surface area contributed by atoms with E-state index >= 15 is 0 Å². The molecule has 1 heterocycles. The normalized spacial score (nSPS) is 11.1. The number of carbonyl (C=O) groups is 2. The molecule has 0 aliphatic heterocycles. The number of aromatic nitrogens is 1. The average Bonchev–Trinajstić information content (AvgIpc) is 2.48. The topological polar surface area (TPSA) is 105 Å². The summed E-state index contributed by atoms with van der Waals surface area (Å²) in [5, 5.41) is 12.7. The Bertz CT molecular complexity index is 779. The number of nitrogens with zero attached hydrogens (tertiary/aromatic N) is 1. The summed E-state index contributed by atoms with van der Waals surface area (Å²) in [6.07, 6.45) is 1.41. The number of hydrogen-bond acceptors (Lipinski definition) is 4. The Morgan fingerprint density at radius 3 is 2.54 bits per heavy atom. The van der Waals surface area contributed by atoms with E-state index in [2.05, 4.69) is 31.1 Å². The van der Waals surface area contributed by atoms with Crippen LogP contribution < -0.4 is 11.1 Å². The number of anilines is 1. The molecule has 0 saturated heterocycles. The highest BCUT2D eigenvalue weighted by Gasteiger charge is 2.17. The van der Waals surface area contributed by atoms with Gasteiger partial charge in [0, 0.05) is 17.4 Å². The van der Waals surface area contributed by atoms with Gasteiger partial charge in [0.1, 0.15) is 11.4 Å². The number of amides is 2. The zero-order chi connectivity index (χ0) is 17.9. The van der Waals surface area contributed by atoms with Gasteiger partial charge in [-0.15, -0.1) is 0 Å². The standard InChI is InChI=1S/C18H21N3O3/c1-18(2,3)12-4-5-15(22)11(8-12)9-16(23)21-13-6-7-20-14(10-13)17(19)24/h4-8,10,22H,9H2,1-3H3,(H2,19,24)(H,20,21,23). The molecule has 0 saturated carbocycles. The van der Waals surface area contributed by atoms with E-state index < -0.39 is 5.91 Å². The highest BCUT2D eigenvalue weighted by Crippen LogP contribution is 2.27. The lowest BCUT2D eigenvalue weighted by atomic mass is 9.85. The van der Waals surface area contributed by atoms with E-state index in [4.69, 9.17) is 5.73 Å². The SMILES string of the molecule is CC(C)(C)c1ccc(O)c(CC(=O)Nc2ccnc(C(N)=O)c2)c1. The van der Waals surface area contributed by atoms with Gasteiger partial charge in [0.05, 0.1) is 6.42 Å². The lowest BCUT2D eigenvalue weighted by molar-refractivity contribution is -0.115. The largest absolute Gasteiger partial charge is 0.508 e. The van der Waals surface area contributed by atoms with Crippen LogP contribution >= 0.6 is 0 Å². The average molecular weight is 327 g/mol. The lowest BCUT2D eigenvalue weighted by Gasteiger charge is -2.20. The third-order valence-corrected chi connectivity index (χ3v) is 3.59. The molecule has 0 atom stereocenters. The van der Waals surface area contributed by atoms with Crippen molar-refractivity contribution < 1.29 is 14.7 Å². The molecule has 2 amide bonds. The molecule has 1 aromatic heterocycles. The second-order valence-electron chi connectivity index (χ2n) is 6.61. The molecular formula is C18H21N3O3. The molecule has 2 rings (SSSR count). The summed E-state index contributed by atoms with van der Waals surface area (Å²) >= 11 is 0. The number of rotatable bonds is 4. The minimum absolute atomic E-state index is 0.0178. The van der Waals surface area contributed by atoms with Crippen LogP contribution in [-0.4, -0.2) is 21.9 Å². The Morgan fingerprint density at radius 2 is 1.92 bits per heavy atom. The van der Waals surface area contributed by atoms with Gasteiger partial charge in [-0.25, -0.2) is 0 Å². The first kappa shape index (κ1) is 17.5. The van der Waals surface area contributed by atoms with Crippen LogP contribution in [0.3, 0.4) is 0 Å². The number of benzene rings is 1. The first-order valence-electron chi connectivity index (χ1n) is 7.55. The van der Waals surface area contributed by atoms with Crippen molar-refractivity contribution in [3.8, 4) is 5.75 Å². The Labute approximate surface area is 140 Å². The van der Waals surface area contributed by atoms with E-state index in [9.17, 15) is 14.7 Å². The fourth-order valence-corrected chi connectivity index (χ4v) is 2.21. The van der Waals surface area contributed by atoms with E-state index in [1.54, 1.807) is 12.1 Å². The fraction of sp³-hybridized carbons (Fsp3) is 0.278. The summed E-state index contributed by atoms with van der Waals surface area (Å²) in [5.74, 6) is -0.898. The third kappa shape index (κ3) is 4.32. The van der Waals surface area contributed by atoms with E-state index in [0.717, 1.165) is 5.56 Å². The number of primary amides is 1. The number of pyridine rings is 1. The molecule has 6 nitrogen and oxygen atoms in total. The molecule has 0 aliphatic rings. The Balaban J connectivity index is 2.15. The van der Waals surface area contributed by atoms with Crippen LogP contribution in [0.1, 0.15) is 42.4 Å². The molecule has 24 heavy (non-hydrogen) atoms. The van der Waals surface area contributed by atoms with Crippen LogP contribution in [0, 0.1) is 0 Å². The number of phenolic OH excluding ortho intramolecular Hbond substituents is 1. The van der Waals surface area contributed by atoms with E-state index in [1.165, 1.54) is 12.3 Å². The predicted molar refractivity (Wildman–Crippen MR) is 91.9 cm³/mol. The fourth-order valence-electron chi connectivity index (χ4n) is 2.21. The quantitative estimate of drug-likeness (QED) is 0.801. The van der Waals surface area contributed by atoms with Crippen LogP contribution in [0.15, 0.2) is 36.5 Å². The summed E-state index contributed by atoms with van der Waals surface area (Å²) in [6.45, 7) is 6.18. The van der Waals surface area contributed by atoms with Crippen molar-refractivity contribution in [1.29, 1.82) is 0 Å². The van der Waals surface area contributed by atoms with Gasteiger partial charge in [0.15, 0.2) is 0 Å². The van der Waals surface area contributed by atoms with Gasteiger partial charge >= 0.3 is 0 Å². The maximum absolute atomic E-state index is 12.2. The number of nitrogens with two attached hydrogens (primary N) is 1. The zero-order valence-electron chi connectivity index (χ0n) is 14.0. The van der Waals surface area contributed by atoms with Gasteiger partial charge in [-0.2, -0.15) is 0 Å². The predicted octanol–water partition coefficient (Wildman–Crippen LogP) is 2.36. The van der Waals surface area contributed by atoms with Crippen LogP contribution in [0.2, 0.25) is 0 Å². The van der Waals surface area contributed by atoms with Crippen molar-refractivity contribution in [2.24, 2.45) is 5.73 Å². The smallest absolute Gasteiger partial charge is 0.267 e. The Kier molecular flexibility index (Phi) is 4.87. The monoisotopic (exact) mass is 327 g/mol. The van der Waals surface area contributed by atoms with Gasteiger partial charge in [-0.1, -0.05) is 32.9 Å². The van der Waals surface area contributed by atoms with Crippen molar-refractivity contribution >= 4 is 17.5 Å². The Morgan fingerprint density at radius 1 is 1.21 bits per heavy atom.